The van der Waals surface area contributed by atoms with E-state index in [9.17, 15) is 0 Å². The van der Waals surface area contributed by atoms with Crippen molar-refractivity contribution < 1.29 is 4.74 Å². The third-order valence-corrected chi connectivity index (χ3v) is 4.67. The Morgan fingerprint density at radius 3 is 3.00 bits per heavy atom. The molecule has 0 amide bonds. The molecule has 1 N–H and O–H groups in total. The number of nitrogens with one attached hydrogen (secondary N) is 1. The molecule has 0 bridgehead atoms. The Balaban J connectivity index is 1.98. The van der Waals surface area contributed by atoms with E-state index in [-0.39, 0.29) is 0 Å². The molecule has 1 heterocycles. The summed E-state index contributed by atoms with van der Waals surface area (Å²) in [6.07, 6.45) is 5.56. The van der Waals surface area contributed by atoms with Gasteiger partial charge >= 0.3 is 0 Å². The molecule has 1 aliphatic heterocycles. The summed E-state index contributed by atoms with van der Waals surface area (Å²) in [5.41, 5.74) is 0. The van der Waals surface area contributed by atoms with Gasteiger partial charge in [-0.3, -0.25) is 0 Å². The second-order valence-electron chi connectivity index (χ2n) is 4.26. The fourth-order valence-corrected chi connectivity index (χ4v) is 4.10. The Bertz CT molecular complexity index is 184. The highest BCUT2D eigenvalue weighted by Gasteiger charge is 2.41. The molecule has 76 valence electrons. The van der Waals surface area contributed by atoms with Gasteiger partial charge in [-0.2, -0.15) is 0 Å². The minimum Gasteiger partial charge on any atom is -0.381 e. The zero-order valence-electron chi connectivity index (χ0n) is 8.51. The molecule has 1 saturated carbocycles. The molecular weight excluding hydrogens is 182 g/mol. The van der Waals surface area contributed by atoms with Crippen molar-refractivity contribution in [2.75, 3.05) is 13.7 Å². The molecule has 0 radical (unpaired) electrons. The van der Waals surface area contributed by atoms with E-state index in [1.54, 1.807) is 0 Å². The lowest BCUT2D eigenvalue weighted by Gasteiger charge is -2.37. The fraction of sp³-hybridized carbons (Fsp3) is 1.00. The number of thioether (sulfide) groups is 1. The van der Waals surface area contributed by atoms with Crippen LogP contribution in [0.4, 0.5) is 0 Å². The fourth-order valence-electron chi connectivity index (χ4n) is 2.45. The van der Waals surface area contributed by atoms with E-state index in [4.69, 9.17) is 4.74 Å². The van der Waals surface area contributed by atoms with Crippen LogP contribution in [0.2, 0.25) is 0 Å². The van der Waals surface area contributed by atoms with Crippen molar-refractivity contribution in [2.45, 2.75) is 48.8 Å². The van der Waals surface area contributed by atoms with Crippen molar-refractivity contribution in [2.24, 2.45) is 0 Å². The normalized spacial score (nSPS) is 45.7. The molecule has 13 heavy (non-hydrogen) atoms. The van der Waals surface area contributed by atoms with Crippen molar-refractivity contribution in [3.8, 4) is 0 Å². The van der Waals surface area contributed by atoms with Gasteiger partial charge in [-0.25, -0.2) is 0 Å². The van der Waals surface area contributed by atoms with Gasteiger partial charge in [-0.15, -0.1) is 11.8 Å². The van der Waals surface area contributed by atoms with Crippen LogP contribution in [0, 0.1) is 0 Å². The maximum atomic E-state index is 5.46. The number of rotatable bonds is 1. The molecule has 2 rings (SSSR count). The van der Waals surface area contributed by atoms with E-state index in [0.29, 0.717) is 11.0 Å². The highest BCUT2D eigenvalue weighted by atomic mass is 32.2. The van der Waals surface area contributed by atoms with Crippen molar-refractivity contribution in [1.29, 1.82) is 0 Å². The predicted octanol–water partition coefficient (Wildman–Crippen LogP) is 2.00. The summed E-state index contributed by atoms with van der Waals surface area (Å²) in [7, 11) is 1.84. The van der Waals surface area contributed by atoms with E-state index in [0.717, 1.165) is 5.25 Å². The molecule has 0 aromatic heterocycles. The Labute approximate surface area is 84.8 Å². The third kappa shape index (κ3) is 2.03. The first-order valence-electron chi connectivity index (χ1n) is 5.20. The van der Waals surface area contributed by atoms with E-state index in [1.807, 2.05) is 7.11 Å². The molecule has 0 aromatic carbocycles. The van der Waals surface area contributed by atoms with Crippen LogP contribution in [0.1, 0.15) is 32.6 Å². The van der Waals surface area contributed by atoms with Gasteiger partial charge < -0.3 is 10.1 Å². The van der Waals surface area contributed by atoms with Gasteiger partial charge in [-0.1, -0.05) is 6.92 Å². The Morgan fingerprint density at radius 1 is 1.54 bits per heavy atom. The third-order valence-electron chi connectivity index (χ3n) is 3.14. The molecular formula is C10H19NOS. The smallest absolute Gasteiger partial charge is 0.0673 e. The van der Waals surface area contributed by atoms with Gasteiger partial charge in [0.15, 0.2) is 0 Å². The minimum atomic E-state index is 0.359. The molecule has 3 unspecified atom stereocenters. The van der Waals surface area contributed by atoms with Crippen LogP contribution in [0.3, 0.4) is 0 Å². The van der Waals surface area contributed by atoms with Gasteiger partial charge in [0.1, 0.15) is 0 Å². The molecule has 2 aliphatic rings. The second kappa shape index (κ2) is 3.79. The average Bonchev–Trinajstić information content (AvgIpc) is 2.47. The molecule has 1 spiro atoms. The minimum absolute atomic E-state index is 0.359. The maximum Gasteiger partial charge on any atom is 0.0673 e. The first kappa shape index (κ1) is 9.81. The van der Waals surface area contributed by atoms with Crippen molar-refractivity contribution >= 4 is 11.8 Å². The summed E-state index contributed by atoms with van der Waals surface area (Å²) >= 11 is 2.12. The van der Waals surface area contributed by atoms with Crippen LogP contribution in [0.15, 0.2) is 0 Å². The van der Waals surface area contributed by atoms with Gasteiger partial charge in [0, 0.05) is 25.3 Å². The lowest BCUT2D eigenvalue weighted by molar-refractivity contribution is 0.0542. The molecule has 0 aromatic rings. The Kier molecular flexibility index (Phi) is 2.86. The molecule has 2 fully saturated rings. The van der Waals surface area contributed by atoms with Crippen LogP contribution < -0.4 is 5.32 Å². The van der Waals surface area contributed by atoms with Crippen molar-refractivity contribution in [1.82, 2.24) is 5.32 Å². The van der Waals surface area contributed by atoms with Gasteiger partial charge in [0.05, 0.1) is 11.0 Å². The van der Waals surface area contributed by atoms with Gasteiger partial charge in [-0.05, 0) is 19.3 Å². The van der Waals surface area contributed by atoms with Crippen molar-refractivity contribution in [3.63, 3.8) is 0 Å². The lowest BCUT2D eigenvalue weighted by Crippen LogP contribution is -2.43. The Morgan fingerprint density at radius 2 is 2.38 bits per heavy atom. The molecule has 3 heteroatoms. The SMILES string of the molecule is COC1CCCC2(C1)NCC(C)S2. The van der Waals surface area contributed by atoms with Crippen LogP contribution in [-0.4, -0.2) is 29.9 Å². The lowest BCUT2D eigenvalue weighted by atomic mass is 9.92. The summed E-state index contributed by atoms with van der Waals surface area (Å²) in [6.45, 7) is 3.48. The molecule has 3 atom stereocenters. The quantitative estimate of drug-likeness (QED) is 0.701. The van der Waals surface area contributed by atoms with E-state index in [1.165, 1.54) is 32.2 Å². The first-order valence-corrected chi connectivity index (χ1v) is 6.08. The number of methoxy groups -OCH3 is 1. The van der Waals surface area contributed by atoms with E-state index < -0.39 is 0 Å². The number of ether oxygens (including phenoxy) is 1. The zero-order valence-corrected chi connectivity index (χ0v) is 9.32. The van der Waals surface area contributed by atoms with Gasteiger partial charge in [0.25, 0.3) is 0 Å². The highest BCUT2D eigenvalue weighted by Crippen LogP contribution is 2.43. The Hall–Kier alpha value is 0.270. The summed E-state index contributed by atoms with van der Waals surface area (Å²) in [5.74, 6) is 0. The summed E-state index contributed by atoms with van der Waals surface area (Å²) < 4.78 is 5.46. The molecule has 1 saturated heterocycles. The first-order chi connectivity index (χ1) is 6.24. The highest BCUT2D eigenvalue weighted by molar-refractivity contribution is 8.01. The second-order valence-corrected chi connectivity index (χ2v) is 6.08. The van der Waals surface area contributed by atoms with E-state index >= 15 is 0 Å². The van der Waals surface area contributed by atoms with Crippen LogP contribution in [-0.2, 0) is 4.74 Å². The van der Waals surface area contributed by atoms with Gasteiger partial charge in [0.2, 0.25) is 0 Å². The average molecular weight is 201 g/mol. The molecule has 2 nitrogen and oxygen atoms in total. The van der Waals surface area contributed by atoms with E-state index in [2.05, 4.69) is 24.0 Å². The summed E-state index contributed by atoms with van der Waals surface area (Å²) in [4.78, 5) is 0.359. The van der Waals surface area contributed by atoms with Crippen molar-refractivity contribution in [3.05, 3.63) is 0 Å². The predicted molar refractivity (Wildman–Crippen MR) is 57.1 cm³/mol. The summed E-state index contributed by atoms with van der Waals surface area (Å²) in [6, 6.07) is 0. The van der Waals surface area contributed by atoms with Crippen LogP contribution in [0.5, 0.6) is 0 Å². The standard InChI is InChI=1S/C10H19NOS/c1-8-7-11-10(13-8)5-3-4-9(6-10)12-2/h8-9,11H,3-7H2,1-2H3. The molecule has 1 aliphatic carbocycles. The van der Waals surface area contributed by atoms with Crippen LogP contribution >= 0.6 is 11.8 Å². The number of hydrogen-bond acceptors (Lipinski definition) is 3. The number of hydrogen-bond donors (Lipinski definition) is 1. The zero-order chi connectivity index (χ0) is 9.31. The maximum absolute atomic E-state index is 5.46. The summed E-state index contributed by atoms with van der Waals surface area (Å²) in [5, 5.41) is 4.44. The topological polar surface area (TPSA) is 21.3 Å². The van der Waals surface area contributed by atoms with Crippen LogP contribution in [0.25, 0.3) is 0 Å². The monoisotopic (exact) mass is 201 g/mol. The largest absolute Gasteiger partial charge is 0.381 e.